The summed E-state index contributed by atoms with van der Waals surface area (Å²) in [5.41, 5.74) is 0. The van der Waals surface area contributed by atoms with Gasteiger partial charge in [0.05, 0.1) is 0 Å². The smallest absolute Gasteiger partial charge is 0.279 e. The van der Waals surface area contributed by atoms with Crippen LogP contribution in [0.4, 0.5) is 0 Å². The molecular formula is C6H16N3O3+. The summed E-state index contributed by atoms with van der Waals surface area (Å²) in [4.78, 5) is 20.1. The van der Waals surface area contributed by atoms with Gasteiger partial charge in [-0.15, -0.1) is 0 Å². The first-order chi connectivity index (χ1) is 5.60. The molecule has 0 spiro atoms. The van der Waals surface area contributed by atoms with E-state index in [0.29, 0.717) is 0 Å². The van der Waals surface area contributed by atoms with E-state index in [4.69, 9.17) is 0 Å². The average molecular weight is 178 g/mol. The van der Waals surface area contributed by atoms with Crippen molar-refractivity contribution in [3.8, 4) is 0 Å². The Labute approximate surface area is 71.7 Å². The summed E-state index contributed by atoms with van der Waals surface area (Å²) in [6.45, 7) is 3.39. The maximum absolute atomic E-state index is 10.8. The molecule has 6 heteroatoms. The van der Waals surface area contributed by atoms with Crippen LogP contribution in [0.3, 0.4) is 0 Å². The van der Waals surface area contributed by atoms with Gasteiger partial charge in [-0.25, -0.2) is 0 Å². The lowest BCUT2D eigenvalue weighted by atomic mass is 10.7. The monoisotopic (exact) mass is 178 g/mol. The molecule has 12 heavy (non-hydrogen) atoms. The maximum atomic E-state index is 10.8. The number of hydrogen-bond acceptors (Lipinski definition) is 5. The fourth-order valence-electron chi connectivity index (χ4n) is 0.388. The first kappa shape index (κ1) is 11.1. The predicted octanol–water partition coefficient (Wildman–Crippen LogP) is -0.241. The number of hydrogen-bond donors (Lipinski definition) is 2. The van der Waals surface area contributed by atoms with E-state index in [1.165, 1.54) is 0 Å². The summed E-state index contributed by atoms with van der Waals surface area (Å²) in [6.07, 6.45) is -0.738. The Bertz CT molecular complexity index is 128. The lowest BCUT2D eigenvalue weighted by molar-refractivity contribution is -0.993. The van der Waals surface area contributed by atoms with Crippen LogP contribution in [-0.4, -0.2) is 31.6 Å². The van der Waals surface area contributed by atoms with Gasteiger partial charge in [-0.2, -0.15) is 9.68 Å². The Morgan fingerprint density at radius 1 is 1.08 bits per heavy atom. The third-order valence-electron chi connectivity index (χ3n) is 1.30. The molecule has 0 aromatic carbocycles. The molecule has 2 atom stereocenters. The molecule has 0 amide bonds. The van der Waals surface area contributed by atoms with E-state index in [0.717, 1.165) is 0 Å². The first-order valence-corrected chi connectivity index (χ1v) is 3.75. The van der Waals surface area contributed by atoms with Crippen molar-refractivity contribution in [2.24, 2.45) is 0 Å². The van der Waals surface area contributed by atoms with E-state index >= 15 is 0 Å². The van der Waals surface area contributed by atoms with Crippen LogP contribution < -0.4 is 10.6 Å². The first-order valence-electron chi connectivity index (χ1n) is 3.75. The zero-order chi connectivity index (χ0) is 9.56. The van der Waals surface area contributed by atoms with Crippen LogP contribution in [0.15, 0.2) is 0 Å². The fraction of sp³-hybridized carbons (Fsp3) is 1.00. The molecule has 2 N–H and O–H groups in total. The molecule has 0 saturated heterocycles. The van der Waals surface area contributed by atoms with Crippen LogP contribution in [0.2, 0.25) is 0 Å². The molecule has 0 aromatic rings. The Morgan fingerprint density at radius 2 is 1.42 bits per heavy atom. The number of nitrogens with zero attached hydrogens (tertiary/aromatic N) is 1. The van der Waals surface area contributed by atoms with Gasteiger partial charge >= 0.3 is 5.09 Å². The molecular weight excluding hydrogens is 162 g/mol. The second-order valence-electron chi connectivity index (χ2n) is 2.30. The van der Waals surface area contributed by atoms with Gasteiger partial charge in [-0.05, 0) is 27.9 Å². The highest BCUT2D eigenvalue weighted by Crippen LogP contribution is 1.90. The lowest BCUT2D eigenvalue weighted by Crippen LogP contribution is -2.34. The fourth-order valence-corrected chi connectivity index (χ4v) is 0.388. The minimum atomic E-state index is -0.369. The minimum absolute atomic E-state index is 0.0856. The zero-order valence-corrected chi connectivity index (χ0v) is 7.83. The molecule has 0 aliphatic rings. The van der Waals surface area contributed by atoms with Crippen molar-refractivity contribution in [1.82, 2.24) is 10.6 Å². The molecule has 0 aliphatic carbocycles. The Kier molecular flexibility index (Phi) is 5.31. The van der Waals surface area contributed by atoms with Gasteiger partial charge in [0.15, 0.2) is 0 Å². The molecule has 0 fully saturated rings. The molecule has 0 rings (SSSR count). The van der Waals surface area contributed by atoms with Crippen molar-refractivity contribution >= 4 is 0 Å². The van der Waals surface area contributed by atoms with Gasteiger partial charge in [0.1, 0.15) is 4.91 Å². The molecule has 0 bridgehead atoms. The second-order valence-corrected chi connectivity index (χ2v) is 2.30. The Balaban J connectivity index is 3.59. The van der Waals surface area contributed by atoms with E-state index in [1.54, 1.807) is 27.9 Å². The van der Waals surface area contributed by atoms with Gasteiger partial charge in [-0.1, -0.05) is 0 Å². The summed E-state index contributed by atoms with van der Waals surface area (Å²) < 4.78 is 0. The SMILES string of the molecule is CNC(C)O[N+](=O)OC(C)NC. The average Bonchev–Trinajstić information content (AvgIpc) is 2.03. The third-order valence-corrected chi connectivity index (χ3v) is 1.30. The van der Waals surface area contributed by atoms with Crippen LogP contribution in [0.5, 0.6) is 0 Å². The topological polar surface area (TPSA) is 62.6 Å². The van der Waals surface area contributed by atoms with Crippen LogP contribution in [0, 0.1) is 4.91 Å². The van der Waals surface area contributed by atoms with Crippen LogP contribution in [0.1, 0.15) is 13.8 Å². The van der Waals surface area contributed by atoms with E-state index < -0.39 is 0 Å². The van der Waals surface area contributed by atoms with Crippen molar-refractivity contribution in [2.45, 2.75) is 26.3 Å². The summed E-state index contributed by atoms with van der Waals surface area (Å²) in [5.74, 6) is 0. The van der Waals surface area contributed by atoms with Gasteiger partial charge in [-0.3, -0.25) is 10.6 Å². The molecule has 0 radical (unpaired) electrons. The Hall–Kier alpha value is -0.880. The molecule has 6 nitrogen and oxygen atoms in total. The maximum Gasteiger partial charge on any atom is 0.480 e. The Morgan fingerprint density at radius 3 is 1.67 bits per heavy atom. The summed E-state index contributed by atoms with van der Waals surface area (Å²) in [5, 5.41) is 5.53. The van der Waals surface area contributed by atoms with Gasteiger partial charge < -0.3 is 0 Å². The molecule has 0 heterocycles. The normalized spacial score (nSPS) is 15.0. The summed E-state index contributed by atoms with van der Waals surface area (Å²) >= 11 is 0. The second kappa shape index (κ2) is 5.73. The molecule has 0 aliphatic heterocycles. The third kappa shape index (κ3) is 4.86. The number of rotatable bonds is 6. The lowest BCUT2D eigenvalue weighted by Gasteiger charge is -2.04. The van der Waals surface area contributed by atoms with E-state index in [2.05, 4.69) is 20.3 Å². The number of nitrogens with one attached hydrogen (secondary N) is 2. The highest BCUT2D eigenvalue weighted by molar-refractivity contribution is 4.33. The quantitative estimate of drug-likeness (QED) is 0.434. The molecule has 72 valence electrons. The molecule has 2 unspecified atom stereocenters. The standard InChI is InChI=1S/C6H16N3O3/c1-5(7-3)11-9(10)12-6(2)8-4/h5-8H,1-4H3/q+1. The highest BCUT2D eigenvalue weighted by atomic mass is 17.0. The zero-order valence-electron chi connectivity index (χ0n) is 7.83. The summed E-state index contributed by atoms with van der Waals surface area (Å²) in [6, 6.07) is 0. The van der Waals surface area contributed by atoms with E-state index in [9.17, 15) is 4.91 Å². The molecule has 0 aromatic heterocycles. The van der Waals surface area contributed by atoms with Crippen LogP contribution in [0.25, 0.3) is 0 Å². The van der Waals surface area contributed by atoms with Gasteiger partial charge in [0.25, 0.3) is 0 Å². The van der Waals surface area contributed by atoms with Crippen molar-refractivity contribution in [2.75, 3.05) is 14.1 Å². The van der Waals surface area contributed by atoms with E-state index in [-0.39, 0.29) is 17.5 Å². The highest BCUT2D eigenvalue weighted by Gasteiger charge is 2.20. The van der Waals surface area contributed by atoms with Crippen LogP contribution in [-0.2, 0) is 9.68 Å². The minimum Gasteiger partial charge on any atom is -0.279 e. The van der Waals surface area contributed by atoms with Crippen molar-refractivity contribution in [3.63, 3.8) is 0 Å². The molecule has 0 saturated carbocycles. The van der Waals surface area contributed by atoms with Crippen molar-refractivity contribution < 1.29 is 14.8 Å². The van der Waals surface area contributed by atoms with Gasteiger partial charge in [0, 0.05) is 0 Å². The van der Waals surface area contributed by atoms with Gasteiger partial charge in [0.2, 0.25) is 12.5 Å². The predicted molar refractivity (Wildman–Crippen MR) is 42.8 cm³/mol. The largest absolute Gasteiger partial charge is 0.480 e. The van der Waals surface area contributed by atoms with Crippen molar-refractivity contribution in [3.05, 3.63) is 4.91 Å². The summed E-state index contributed by atoms with van der Waals surface area (Å²) in [7, 11) is 3.36. The van der Waals surface area contributed by atoms with Crippen molar-refractivity contribution in [1.29, 1.82) is 0 Å². The van der Waals surface area contributed by atoms with Crippen LogP contribution >= 0.6 is 0 Å². The van der Waals surface area contributed by atoms with E-state index in [1.807, 2.05) is 0 Å².